The molecule has 2 aromatic rings. The Balaban J connectivity index is 2.23. The molecular formula is C11H12Cl2N4S. The molecule has 18 heavy (non-hydrogen) atoms. The molecule has 1 aromatic heterocycles. The van der Waals surface area contributed by atoms with Gasteiger partial charge < -0.3 is 0 Å². The van der Waals surface area contributed by atoms with Crippen LogP contribution in [0.2, 0.25) is 10.0 Å². The number of aromatic nitrogens is 2. The van der Waals surface area contributed by atoms with E-state index in [1.165, 1.54) is 11.5 Å². The molecule has 1 unspecified atom stereocenters. The van der Waals surface area contributed by atoms with Crippen LogP contribution < -0.4 is 11.3 Å². The lowest BCUT2D eigenvalue weighted by Gasteiger charge is -2.15. The third kappa shape index (κ3) is 2.99. The van der Waals surface area contributed by atoms with E-state index >= 15 is 0 Å². The lowest BCUT2D eigenvalue weighted by atomic mass is 10.0. The first kappa shape index (κ1) is 13.7. The number of nitrogens with two attached hydrogens (primary N) is 1. The van der Waals surface area contributed by atoms with Crippen LogP contribution in [0.15, 0.2) is 18.2 Å². The first-order chi connectivity index (χ1) is 8.61. The standard InChI is InChI=1S/C11H12Cl2N4S/c1-6-11(18-17-16-6)10(15-14)4-7-2-3-8(12)5-9(7)13/h2-3,5,10,15H,4,14H2,1H3. The highest BCUT2D eigenvalue weighted by Gasteiger charge is 2.17. The Labute approximate surface area is 119 Å². The zero-order valence-electron chi connectivity index (χ0n) is 9.65. The van der Waals surface area contributed by atoms with Crippen molar-refractivity contribution in [2.75, 3.05) is 0 Å². The van der Waals surface area contributed by atoms with Crippen LogP contribution in [-0.2, 0) is 6.42 Å². The fourth-order valence-corrected chi connectivity index (χ4v) is 2.88. The number of benzene rings is 1. The van der Waals surface area contributed by atoms with Crippen LogP contribution in [0.5, 0.6) is 0 Å². The maximum absolute atomic E-state index is 6.15. The van der Waals surface area contributed by atoms with E-state index < -0.39 is 0 Å². The molecule has 0 spiro atoms. The number of nitrogens with one attached hydrogen (secondary N) is 1. The number of nitrogens with zero attached hydrogens (tertiary/aromatic N) is 2. The molecule has 3 N–H and O–H groups in total. The monoisotopic (exact) mass is 302 g/mol. The minimum absolute atomic E-state index is 0.0522. The summed E-state index contributed by atoms with van der Waals surface area (Å²) in [6.07, 6.45) is 0.664. The molecule has 4 nitrogen and oxygen atoms in total. The van der Waals surface area contributed by atoms with Gasteiger partial charge in [-0.15, -0.1) is 5.10 Å². The summed E-state index contributed by atoms with van der Waals surface area (Å²) in [7, 11) is 0. The molecule has 0 aliphatic rings. The van der Waals surface area contributed by atoms with Gasteiger partial charge in [-0.3, -0.25) is 11.3 Å². The second-order valence-electron chi connectivity index (χ2n) is 3.88. The minimum atomic E-state index is -0.0522. The SMILES string of the molecule is Cc1nnsc1C(Cc1ccc(Cl)cc1Cl)NN. The van der Waals surface area contributed by atoms with E-state index in [1.54, 1.807) is 6.07 Å². The largest absolute Gasteiger partial charge is 0.271 e. The molecule has 0 radical (unpaired) electrons. The van der Waals surface area contributed by atoms with E-state index in [0.29, 0.717) is 16.5 Å². The second kappa shape index (κ2) is 5.95. The fourth-order valence-electron chi connectivity index (χ4n) is 1.69. The Kier molecular flexibility index (Phi) is 4.53. The van der Waals surface area contributed by atoms with Gasteiger partial charge in [-0.25, -0.2) is 0 Å². The van der Waals surface area contributed by atoms with Gasteiger partial charge in [0.05, 0.1) is 16.6 Å². The van der Waals surface area contributed by atoms with Crippen LogP contribution in [0.25, 0.3) is 0 Å². The van der Waals surface area contributed by atoms with Gasteiger partial charge in [-0.1, -0.05) is 33.8 Å². The Bertz CT molecular complexity index is 544. The highest BCUT2D eigenvalue weighted by Crippen LogP contribution is 2.28. The summed E-state index contributed by atoms with van der Waals surface area (Å²) in [4.78, 5) is 1.02. The van der Waals surface area contributed by atoms with Crippen molar-refractivity contribution in [2.45, 2.75) is 19.4 Å². The number of hydrogen-bond donors (Lipinski definition) is 2. The third-order valence-electron chi connectivity index (χ3n) is 2.64. The van der Waals surface area contributed by atoms with Gasteiger partial charge in [-0.2, -0.15) is 0 Å². The molecule has 0 bridgehead atoms. The lowest BCUT2D eigenvalue weighted by Crippen LogP contribution is -2.29. The number of halogens is 2. The number of aryl methyl sites for hydroxylation is 1. The fraction of sp³-hybridized carbons (Fsp3) is 0.273. The first-order valence-electron chi connectivity index (χ1n) is 5.30. The van der Waals surface area contributed by atoms with Crippen molar-refractivity contribution in [1.82, 2.24) is 15.0 Å². The summed E-state index contributed by atoms with van der Waals surface area (Å²) in [5, 5.41) is 5.24. The molecule has 0 amide bonds. The maximum atomic E-state index is 6.15. The molecule has 0 aliphatic heterocycles. The van der Waals surface area contributed by atoms with E-state index in [0.717, 1.165) is 16.1 Å². The minimum Gasteiger partial charge on any atom is -0.271 e. The molecule has 2 rings (SSSR count). The average Bonchev–Trinajstić information content (AvgIpc) is 2.75. The molecule has 1 heterocycles. The summed E-state index contributed by atoms with van der Waals surface area (Å²) >= 11 is 13.4. The third-order valence-corrected chi connectivity index (χ3v) is 4.17. The number of hydrazine groups is 1. The highest BCUT2D eigenvalue weighted by molar-refractivity contribution is 7.05. The van der Waals surface area contributed by atoms with Crippen LogP contribution in [0, 0.1) is 6.92 Å². The molecule has 1 atom stereocenters. The molecule has 7 heteroatoms. The van der Waals surface area contributed by atoms with Gasteiger partial charge in [0, 0.05) is 10.0 Å². The second-order valence-corrected chi connectivity index (χ2v) is 5.51. The van der Waals surface area contributed by atoms with Crippen molar-refractivity contribution < 1.29 is 0 Å². The molecule has 1 aromatic carbocycles. The zero-order chi connectivity index (χ0) is 13.1. The summed E-state index contributed by atoms with van der Waals surface area (Å²) in [6.45, 7) is 1.91. The van der Waals surface area contributed by atoms with Gasteiger partial charge in [0.15, 0.2) is 0 Å². The van der Waals surface area contributed by atoms with Crippen LogP contribution in [0.1, 0.15) is 22.2 Å². The quantitative estimate of drug-likeness (QED) is 0.673. The predicted molar refractivity (Wildman–Crippen MR) is 74.9 cm³/mol. The first-order valence-corrected chi connectivity index (χ1v) is 6.83. The highest BCUT2D eigenvalue weighted by atomic mass is 35.5. The molecule has 0 aliphatic carbocycles. The van der Waals surface area contributed by atoms with Crippen molar-refractivity contribution in [3.8, 4) is 0 Å². The van der Waals surface area contributed by atoms with Crippen molar-refractivity contribution in [2.24, 2.45) is 5.84 Å². The van der Waals surface area contributed by atoms with E-state index in [-0.39, 0.29) is 6.04 Å². The summed E-state index contributed by atoms with van der Waals surface area (Å²) in [5.74, 6) is 5.59. The van der Waals surface area contributed by atoms with Crippen LogP contribution >= 0.6 is 34.7 Å². The summed E-state index contributed by atoms with van der Waals surface area (Å²) in [6, 6.07) is 5.39. The summed E-state index contributed by atoms with van der Waals surface area (Å²) in [5.41, 5.74) is 4.64. The van der Waals surface area contributed by atoms with Crippen molar-refractivity contribution >= 4 is 34.7 Å². The van der Waals surface area contributed by atoms with Crippen LogP contribution in [0.4, 0.5) is 0 Å². The van der Waals surface area contributed by atoms with Crippen LogP contribution in [-0.4, -0.2) is 9.59 Å². The normalized spacial score (nSPS) is 12.7. The van der Waals surface area contributed by atoms with Gasteiger partial charge in [0.2, 0.25) is 0 Å². The van der Waals surface area contributed by atoms with E-state index in [4.69, 9.17) is 29.0 Å². The van der Waals surface area contributed by atoms with Gasteiger partial charge in [0.1, 0.15) is 0 Å². The Hall–Kier alpha value is -0.720. The topological polar surface area (TPSA) is 63.8 Å². The molecule has 0 saturated heterocycles. The van der Waals surface area contributed by atoms with Crippen molar-refractivity contribution in [1.29, 1.82) is 0 Å². The molecular weight excluding hydrogens is 291 g/mol. The van der Waals surface area contributed by atoms with Gasteiger partial charge in [-0.05, 0) is 42.6 Å². The zero-order valence-corrected chi connectivity index (χ0v) is 12.0. The maximum Gasteiger partial charge on any atom is 0.0773 e. The van der Waals surface area contributed by atoms with Gasteiger partial charge >= 0.3 is 0 Å². The number of rotatable bonds is 4. The molecule has 0 fully saturated rings. The van der Waals surface area contributed by atoms with E-state index in [2.05, 4.69) is 15.0 Å². The van der Waals surface area contributed by atoms with E-state index in [9.17, 15) is 0 Å². The van der Waals surface area contributed by atoms with Crippen molar-refractivity contribution in [3.63, 3.8) is 0 Å². The van der Waals surface area contributed by atoms with Crippen molar-refractivity contribution in [3.05, 3.63) is 44.4 Å². The lowest BCUT2D eigenvalue weighted by molar-refractivity contribution is 0.557. The predicted octanol–water partition coefficient (Wildman–Crippen LogP) is 2.90. The average molecular weight is 303 g/mol. The Morgan fingerprint density at radius 1 is 1.44 bits per heavy atom. The van der Waals surface area contributed by atoms with E-state index in [1.807, 2.05) is 19.1 Å². The Morgan fingerprint density at radius 2 is 2.22 bits per heavy atom. The molecule has 96 valence electrons. The smallest absolute Gasteiger partial charge is 0.0773 e. The van der Waals surface area contributed by atoms with Gasteiger partial charge in [0.25, 0.3) is 0 Å². The Morgan fingerprint density at radius 3 is 2.78 bits per heavy atom. The van der Waals surface area contributed by atoms with Crippen LogP contribution in [0.3, 0.4) is 0 Å². The molecule has 0 saturated carbocycles. The number of hydrogen-bond acceptors (Lipinski definition) is 5. The summed E-state index contributed by atoms with van der Waals surface area (Å²) < 4.78 is 3.91.